The van der Waals surface area contributed by atoms with Gasteiger partial charge in [-0.25, -0.2) is 4.39 Å². The fourth-order valence-corrected chi connectivity index (χ4v) is 1.68. The van der Waals surface area contributed by atoms with E-state index in [9.17, 15) is 4.39 Å². The molecule has 0 saturated heterocycles. The maximum absolute atomic E-state index is 13.1. The quantitative estimate of drug-likeness (QED) is 0.716. The Kier molecular flexibility index (Phi) is 6.86. The number of halogens is 1. The van der Waals surface area contributed by atoms with E-state index in [1.165, 1.54) is 6.07 Å². The topological polar surface area (TPSA) is 24.5 Å². The van der Waals surface area contributed by atoms with Crippen molar-refractivity contribution in [2.45, 2.75) is 13.5 Å². The number of aryl methyl sites for hydroxylation is 1. The molecule has 1 N–H and O–H groups in total. The Bertz CT molecular complexity index is 358. The molecule has 3 nitrogen and oxygen atoms in total. The highest BCUT2D eigenvalue weighted by molar-refractivity contribution is 5.26. The maximum Gasteiger partial charge on any atom is 0.123 e. The average molecular weight is 254 g/mol. The van der Waals surface area contributed by atoms with Crippen LogP contribution in [0.5, 0.6) is 0 Å². The van der Waals surface area contributed by atoms with Gasteiger partial charge in [0, 0.05) is 33.3 Å². The summed E-state index contributed by atoms with van der Waals surface area (Å²) in [5.41, 5.74) is 2.14. The Balaban J connectivity index is 2.23. The van der Waals surface area contributed by atoms with Crippen LogP contribution in [0.2, 0.25) is 0 Å². The van der Waals surface area contributed by atoms with E-state index in [-0.39, 0.29) is 5.82 Å². The molecule has 0 bridgehead atoms. The number of ether oxygens (including phenoxy) is 1. The normalized spacial score (nSPS) is 11.2. The highest BCUT2D eigenvalue weighted by Crippen LogP contribution is 2.09. The van der Waals surface area contributed by atoms with Crippen molar-refractivity contribution in [3.8, 4) is 0 Å². The molecule has 0 heterocycles. The highest BCUT2D eigenvalue weighted by Gasteiger charge is 2.01. The molecule has 0 aliphatic carbocycles. The zero-order chi connectivity index (χ0) is 13.4. The lowest BCUT2D eigenvalue weighted by atomic mass is 10.1. The predicted octanol–water partition coefficient (Wildman–Crippen LogP) is 1.80. The molecule has 0 radical (unpaired) electrons. The summed E-state index contributed by atoms with van der Waals surface area (Å²) in [7, 11) is 3.77. The van der Waals surface area contributed by atoms with E-state index in [0.29, 0.717) is 6.54 Å². The van der Waals surface area contributed by atoms with E-state index < -0.39 is 0 Å². The molecule has 1 aromatic carbocycles. The second-order valence-electron chi connectivity index (χ2n) is 4.54. The van der Waals surface area contributed by atoms with E-state index in [1.54, 1.807) is 13.2 Å². The van der Waals surface area contributed by atoms with Crippen LogP contribution >= 0.6 is 0 Å². The van der Waals surface area contributed by atoms with Gasteiger partial charge in [0.1, 0.15) is 5.82 Å². The van der Waals surface area contributed by atoms with Crippen LogP contribution in [-0.2, 0) is 11.3 Å². The maximum atomic E-state index is 13.1. The van der Waals surface area contributed by atoms with Crippen LogP contribution in [0.3, 0.4) is 0 Å². The SMILES string of the molecule is COCCN(C)CCNCc1cc(F)ccc1C. The molecule has 102 valence electrons. The van der Waals surface area contributed by atoms with Crippen molar-refractivity contribution in [1.29, 1.82) is 0 Å². The third-order valence-electron chi connectivity index (χ3n) is 2.97. The van der Waals surface area contributed by atoms with Crippen molar-refractivity contribution >= 4 is 0 Å². The number of nitrogens with zero attached hydrogens (tertiary/aromatic N) is 1. The van der Waals surface area contributed by atoms with Gasteiger partial charge in [0.25, 0.3) is 0 Å². The van der Waals surface area contributed by atoms with Crippen molar-refractivity contribution in [2.24, 2.45) is 0 Å². The van der Waals surface area contributed by atoms with Crippen LogP contribution in [0.1, 0.15) is 11.1 Å². The van der Waals surface area contributed by atoms with Crippen molar-refractivity contribution in [3.63, 3.8) is 0 Å². The average Bonchev–Trinajstić information content (AvgIpc) is 2.36. The van der Waals surface area contributed by atoms with Crippen molar-refractivity contribution < 1.29 is 9.13 Å². The summed E-state index contributed by atoms with van der Waals surface area (Å²) in [6.07, 6.45) is 0. The summed E-state index contributed by atoms with van der Waals surface area (Å²) in [4.78, 5) is 2.20. The smallest absolute Gasteiger partial charge is 0.123 e. The van der Waals surface area contributed by atoms with Gasteiger partial charge >= 0.3 is 0 Å². The van der Waals surface area contributed by atoms with Crippen LogP contribution < -0.4 is 5.32 Å². The van der Waals surface area contributed by atoms with Crippen LogP contribution in [0.4, 0.5) is 4.39 Å². The molecule has 0 atom stereocenters. The van der Waals surface area contributed by atoms with E-state index in [1.807, 2.05) is 13.0 Å². The van der Waals surface area contributed by atoms with E-state index in [0.717, 1.165) is 37.4 Å². The van der Waals surface area contributed by atoms with Crippen LogP contribution in [0.25, 0.3) is 0 Å². The van der Waals surface area contributed by atoms with Gasteiger partial charge in [-0.2, -0.15) is 0 Å². The lowest BCUT2D eigenvalue weighted by Crippen LogP contribution is -2.31. The first kappa shape index (κ1) is 15.1. The molecule has 4 heteroatoms. The van der Waals surface area contributed by atoms with E-state index >= 15 is 0 Å². The van der Waals surface area contributed by atoms with Gasteiger partial charge in [-0.1, -0.05) is 6.07 Å². The fraction of sp³-hybridized carbons (Fsp3) is 0.571. The molecule has 0 unspecified atom stereocenters. The second kappa shape index (κ2) is 8.19. The summed E-state index contributed by atoms with van der Waals surface area (Å²) >= 11 is 0. The van der Waals surface area contributed by atoms with Gasteiger partial charge in [0.05, 0.1) is 6.61 Å². The molecule has 0 fully saturated rings. The summed E-state index contributed by atoms with van der Waals surface area (Å²) in [6.45, 7) is 6.23. The first-order valence-corrected chi connectivity index (χ1v) is 6.26. The number of hydrogen-bond donors (Lipinski definition) is 1. The minimum atomic E-state index is -0.172. The number of rotatable bonds is 8. The summed E-state index contributed by atoms with van der Waals surface area (Å²) in [6, 6.07) is 4.91. The Hall–Kier alpha value is -0.970. The number of benzene rings is 1. The molecule has 0 aliphatic rings. The zero-order valence-corrected chi connectivity index (χ0v) is 11.5. The van der Waals surface area contributed by atoms with Gasteiger partial charge in [0.2, 0.25) is 0 Å². The first-order valence-electron chi connectivity index (χ1n) is 6.26. The minimum absolute atomic E-state index is 0.172. The molecular weight excluding hydrogens is 231 g/mol. The number of hydrogen-bond acceptors (Lipinski definition) is 3. The molecule has 0 amide bonds. The van der Waals surface area contributed by atoms with Gasteiger partial charge in [0.15, 0.2) is 0 Å². The molecule has 0 saturated carbocycles. The van der Waals surface area contributed by atoms with Gasteiger partial charge in [-0.15, -0.1) is 0 Å². The zero-order valence-electron chi connectivity index (χ0n) is 11.5. The van der Waals surface area contributed by atoms with Crippen molar-refractivity contribution in [1.82, 2.24) is 10.2 Å². The standard InChI is InChI=1S/C14H23FN2O/c1-12-4-5-14(15)10-13(12)11-16-6-7-17(2)8-9-18-3/h4-5,10,16H,6-9,11H2,1-3H3. The molecule has 1 rings (SSSR count). The van der Waals surface area contributed by atoms with Crippen molar-refractivity contribution in [2.75, 3.05) is 40.4 Å². The Labute approximate surface area is 109 Å². The highest BCUT2D eigenvalue weighted by atomic mass is 19.1. The molecule has 18 heavy (non-hydrogen) atoms. The number of methoxy groups -OCH3 is 1. The van der Waals surface area contributed by atoms with Crippen molar-refractivity contribution in [3.05, 3.63) is 35.1 Å². The van der Waals surface area contributed by atoms with Crippen LogP contribution in [0.15, 0.2) is 18.2 Å². The fourth-order valence-electron chi connectivity index (χ4n) is 1.68. The summed E-state index contributed by atoms with van der Waals surface area (Å²) < 4.78 is 18.1. The second-order valence-corrected chi connectivity index (χ2v) is 4.54. The van der Waals surface area contributed by atoms with Crippen LogP contribution in [-0.4, -0.2) is 45.3 Å². The van der Waals surface area contributed by atoms with Gasteiger partial charge in [-0.05, 0) is 37.2 Å². The lowest BCUT2D eigenvalue weighted by Gasteiger charge is -2.16. The van der Waals surface area contributed by atoms with Crippen LogP contribution in [0, 0.1) is 12.7 Å². The minimum Gasteiger partial charge on any atom is -0.383 e. The monoisotopic (exact) mass is 254 g/mol. The summed E-state index contributed by atoms with van der Waals surface area (Å²) in [5, 5.41) is 3.33. The Morgan fingerprint density at radius 1 is 1.33 bits per heavy atom. The van der Waals surface area contributed by atoms with E-state index in [4.69, 9.17) is 4.74 Å². The predicted molar refractivity (Wildman–Crippen MR) is 72.2 cm³/mol. The molecule has 0 aromatic heterocycles. The molecular formula is C14H23FN2O. The number of nitrogens with one attached hydrogen (secondary N) is 1. The lowest BCUT2D eigenvalue weighted by molar-refractivity contribution is 0.161. The Morgan fingerprint density at radius 3 is 2.83 bits per heavy atom. The van der Waals surface area contributed by atoms with Gasteiger partial charge in [-0.3, -0.25) is 0 Å². The third-order valence-corrected chi connectivity index (χ3v) is 2.97. The Morgan fingerprint density at radius 2 is 2.11 bits per heavy atom. The molecule has 0 aliphatic heterocycles. The van der Waals surface area contributed by atoms with Gasteiger partial charge < -0.3 is 15.0 Å². The number of likely N-dealkylation sites (N-methyl/N-ethyl adjacent to an activating group) is 1. The molecule has 0 spiro atoms. The van der Waals surface area contributed by atoms with E-state index in [2.05, 4.69) is 17.3 Å². The largest absolute Gasteiger partial charge is 0.383 e. The molecule has 1 aromatic rings. The third kappa shape index (κ3) is 5.58. The first-order chi connectivity index (χ1) is 8.63. The summed E-state index contributed by atoms with van der Waals surface area (Å²) in [5.74, 6) is -0.172.